The number of hydrogen-bond acceptors (Lipinski definition) is 5. The smallest absolute Gasteiger partial charge is 0.322 e. The molecule has 1 fully saturated rings. The van der Waals surface area contributed by atoms with E-state index in [1.165, 1.54) is 18.6 Å². The van der Waals surface area contributed by atoms with Gasteiger partial charge in [0.2, 0.25) is 0 Å². The van der Waals surface area contributed by atoms with Crippen LogP contribution >= 0.6 is 21.6 Å². The van der Waals surface area contributed by atoms with Crippen molar-refractivity contribution in [3.63, 3.8) is 0 Å². The minimum Gasteiger partial charge on any atom is -0.465 e. The third-order valence-corrected chi connectivity index (χ3v) is 5.36. The van der Waals surface area contributed by atoms with Crippen LogP contribution in [-0.2, 0) is 9.53 Å². The lowest BCUT2D eigenvalue weighted by atomic mass is 10.1. The molecule has 1 saturated heterocycles. The van der Waals surface area contributed by atoms with Gasteiger partial charge in [-0.05, 0) is 26.2 Å². The lowest BCUT2D eigenvalue weighted by Crippen LogP contribution is -2.32. The molecule has 1 heterocycles. The van der Waals surface area contributed by atoms with Crippen LogP contribution in [0.4, 0.5) is 0 Å². The van der Waals surface area contributed by atoms with Crippen molar-refractivity contribution in [1.82, 2.24) is 0 Å². The minimum atomic E-state index is -0.427. The van der Waals surface area contributed by atoms with Crippen molar-refractivity contribution < 1.29 is 9.53 Å². The molecule has 1 aliphatic rings. The third kappa shape index (κ3) is 5.13. The van der Waals surface area contributed by atoms with Crippen molar-refractivity contribution in [3.05, 3.63) is 0 Å². The predicted molar refractivity (Wildman–Crippen MR) is 66.9 cm³/mol. The Bertz CT molecular complexity index is 196. The molecule has 0 saturated carbocycles. The minimum absolute atomic E-state index is 0.258. The van der Waals surface area contributed by atoms with Crippen molar-refractivity contribution in [3.8, 4) is 0 Å². The first kappa shape index (κ1) is 13.2. The number of nitrogens with two attached hydrogens (primary N) is 1. The van der Waals surface area contributed by atoms with Gasteiger partial charge in [0.25, 0.3) is 0 Å². The van der Waals surface area contributed by atoms with Gasteiger partial charge in [-0.2, -0.15) is 0 Å². The van der Waals surface area contributed by atoms with Crippen LogP contribution in [0.15, 0.2) is 0 Å². The van der Waals surface area contributed by atoms with Gasteiger partial charge in [0.15, 0.2) is 0 Å². The van der Waals surface area contributed by atoms with Crippen molar-refractivity contribution in [2.24, 2.45) is 5.73 Å². The highest BCUT2D eigenvalue weighted by atomic mass is 33.1. The third-order valence-electron chi connectivity index (χ3n) is 2.36. The van der Waals surface area contributed by atoms with Crippen LogP contribution in [0, 0.1) is 0 Å². The first-order valence-electron chi connectivity index (χ1n) is 5.44. The maximum absolute atomic E-state index is 11.2. The molecular formula is C10H19NO2S2. The summed E-state index contributed by atoms with van der Waals surface area (Å²) in [5.41, 5.74) is 5.70. The molecule has 0 amide bonds. The van der Waals surface area contributed by atoms with E-state index in [4.69, 9.17) is 10.5 Å². The molecule has 2 N–H and O–H groups in total. The highest BCUT2D eigenvalue weighted by Crippen LogP contribution is 2.39. The molecule has 0 spiro atoms. The molecule has 0 bridgehead atoms. The second-order valence-corrected chi connectivity index (χ2v) is 6.41. The molecule has 0 aromatic heterocycles. The van der Waals surface area contributed by atoms with Crippen LogP contribution in [0.5, 0.6) is 0 Å². The maximum Gasteiger partial charge on any atom is 0.322 e. The molecule has 1 unspecified atom stereocenters. The number of hydrogen-bond donors (Lipinski definition) is 1. The van der Waals surface area contributed by atoms with Crippen molar-refractivity contribution in [2.45, 2.75) is 43.9 Å². The van der Waals surface area contributed by atoms with Crippen LogP contribution in [0.2, 0.25) is 0 Å². The molecule has 0 radical (unpaired) electrons. The highest BCUT2D eigenvalue weighted by molar-refractivity contribution is 8.77. The molecule has 0 aromatic carbocycles. The van der Waals surface area contributed by atoms with Gasteiger partial charge in [-0.25, -0.2) is 0 Å². The van der Waals surface area contributed by atoms with Crippen molar-refractivity contribution in [2.75, 3.05) is 12.4 Å². The molecule has 3 nitrogen and oxygen atoms in total. The topological polar surface area (TPSA) is 52.3 Å². The summed E-state index contributed by atoms with van der Waals surface area (Å²) in [7, 11) is 3.92. The Morgan fingerprint density at radius 2 is 2.47 bits per heavy atom. The second kappa shape index (κ2) is 7.41. The monoisotopic (exact) mass is 249 g/mol. The van der Waals surface area contributed by atoms with Crippen molar-refractivity contribution in [1.29, 1.82) is 0 Å². The molecule has 15 heavy (non-hydrogen) atoms. The van der Waals surface area contributed by atoms with Crippen LogP contribution in [-0.4, -0.2) is 29.6 Å². The van der Waals surface area contributed by atoms with E-state index in [2.05, 4.69) is 0 Å². The second-order valence-electron chi connectivity index (χ2n) is 3.62. The fraction of sp³-hybridized carbons (Fsp3) is 0.900. The van der Waals surface area contributed by atoms with Gasteiger partial charge in [0.05, 0.1) is 6.61 Å². The quantitative estimate of drug-likeness (QED) is 0.578. The van der Waals surface area contributed by atoms with E-state index in [1.807, 2.05) is 21.6 Å². The lowest BCUT2D eigenvalue weighted by molar-refractivity contribution is -0.144. The fourth-order valence-corrected chi connectivity index (χ4v) is 4.52. The number of carbonyl (C=O) groups excluding carboxylic acids is 1. The lowest BCUT2D eigenvalue weighted by Gasteiger charge is -2.11. The van der Waals surface area contributed by atoms with Gasteiger partial charge >= 0.3 is 5.97 Å². The standard InChI is InChI=1S/C10H19NO2S2/c1-2-13-10(12)9(11)5-3-4-8-6-7-14-15-8/h8-9H,2-7,11H2,1H3/t8?,9-/m0/s1. The zero-order chi connectivity index (χ0) is 11.1. The fourth-order valence-electron chi connectivity index (χ4n) is 1.50. The van der Waals surface area contributed by atoms with Gasteiger partial charge in [-0.15, -0.1) is 0 Å². The van der Waals surface area contributed by atoms with Gasteiger partial charge in [-0.1, -0.05) is 28.0 Å². The summed E-state index contributed by atoms with van der Waals surface area (Å²) in [5, 5.41) is 0.768. The molecule has 0 aliphatic carbocycles. The van der Waals surface area contributed by atoms with E-state index in [0.29, 0.717) is 6.61 Å². The van der Waals surface area contributed by atoms with Gasteiger partial charge in [0.1, 0.15) is 6.04 Å². The maximum atomic E-state index is 11.2. The Morgan fingerprint density at radius 1 is 1.67 bits per heavy atom. The van der Waals surface area contributed by atoms with Gasteiger partial charge in [-0.3, -0.25) is 4.79 Å². The van der Waals surface area contributed by atoms with E-state index in [-0.39, 0.29) is 5.97 Å². The number of ether oxygens (including phenoxy) is 1. The zero-order valence-corrected chi connectivity index (χ0v) is 10.7. The van der Waals surface area contributed by atoms with Crippen LogP contribution in [0.25, 0.3) is 0 Å². The summed E-state index contributed by atoms with van der Waals surface area (Å²) in [6, 6.07) is -0.427. The predicted octanol–water partition coefficient (Wildman–Crippen LogP) is 2.20. The van der Waals surface area contributed by atoms with Crippen LogP contribution in [0.1, 0.15) is 32.6 Å². The molecule has 2 atom stereocenters. The molecule has 1 aliphatic heterocycles. The average molecular weight is 249 g/mol. The van der Waals surface area contributed by atoms with E-state index in [1.54, 1.807) is 6.92 Å². The Balaban J connectivity index is 2.05. The summed E-state index contributed by atoms with van der Waals surface area (Å²) < 4.78 is 4.85. The van der Waals surface area contributed by atoms with Crippen LogP contribution in [0.3, 0.4) is 0 Å². The SMILES string of the molecule is CCOC(=O)[C@@H](N)CCCC1CCSS1. The zero-order valence-electron chi connectivity index (χ0n) is 9.11. The van der Waals surface area contributed by atoms with E-state index in [0.717, 1.165) is 18.1 Å². The number of esters is 1. The van der Waals surface area contributed by atoms with E-state index in [9.17, 15) is 4.79 Å². The molecule has 5 heteroatoms. The Morgan fingerprint density at radius 3 is 3.07 bits per heavy atom. The largest absolute Gasteiger partial charge is 0.465 e. The molecule has 1 rings (SSSR count). The summed E-state index contributed by atoms with van der Waals surface area (Å²) >= 11 is 0. The summed E-state index contributed by atoms with van der Waals surface area (Å²) in [4.78, 5) is 11.2. The molecule has 0 aromatic rings. The Hall–Kier alpha value is 0.130. The number of carbonyl (C=O) groups is 1. The molecule has 88 valence electrons. The van der Waals surface area contributed by atoms with E-state index >= 15 is 0 Å². The van der Waals surface area contributed by atoms with Gasteiger partial charge < -0.3 is 10.5 Å². The average Bonchev–Trinajstić information content (AvgIpc) is 2.71. The molecular weight excluding hydrogens is 230 g/mol. The van der Waals surface area contributed by atoms with Crippen molar-refractivity contribution >= 4 is 27.6 Å². The highest BCUT2D eigenvalue weighted by Gasteiger charge is 2.18. The summed E-state index contributed by atoms with van der Waals surface area (Å²) in [6.45, 7) is 2.22. The van der Waals surface area contributed by atoms with Gasteiger partial charge in [0, 0.05) is 11.0 Å². The Kier molecular flexibility index (Phi) is 6.52. The summed E-state index contributed by atoms with van der Waals surface area (Å²) in [5.74, 6) is 1.00. The normalized spacial score (nSPS) is 22.7. The Labute approximate surface area is 99.3 Å². The van der Waals surface area contributed by atoms with Crippen LogP contribution < -0.4 is 5.73 Å². The van der Waals surface area contributed by atoms with E-state index < -0.39 is 6.04 Å². The first-order chi connectivity index (χ1) is 7.24. The number of rotatable bonds is 6. The summed E-state index contributed by atoms with van der Waals surface area (Å²) in [6.07, 6.45) is 4.24. The first-order valence-corrected chi connectivity index (χ1v) is 7.82.